The maximum Gasteiger partial charge on any atom is 0.294 e. The molecule has 13 nitrogen and oxygen atoms in total. The molecule has 0 bridgehead atoms. The van der Waals surface area contributed by atoms with Crippen LogP contribution in [0.3, 0.4) is 0 Å². The zero-order chi connectivity index (χ0) is 29.6. The number of imidazole rings is 1. The number of fused-ring (bicyclic) bond motifs is 1. The fourth-order valence-electron chi connectivity index (χ4n) is 4.48. The molecule has 218 valence electrons. The van der Waals surface area contributed by atoms with E-state index < -0.39 is 4.92 Å². The average Bonchev–Trinajstić information content (AvgIpc) is 3.62. The van der Waals surface area contributed by atoms with Crippen molar-refractivity contribution in [2.24, 2.45) is 0 Å². The SMILES string of the molecule is CCOc1nc(-c2ccc3ccoc3c2)c(-c2ccnc(Nc3cc([N+](=O)[O-])c(NCCCN(C)C)cc3OC)n2)[nH]1. The van der Waals surface area contributed by atoms with Gasteiger partial charge in [0.05, 0.1) is 42.0 Å². The quantitative estimate of drug-likeness (QED) is 0.0903. The summed E-state index contributed by atoms with van der Waals surface area (Å²) in [4.78, 5) is 30.4. The molecule has 3 N–H and O–H groups in total. The molecule has 13 heteroatoms. The third kappa shape index (κ3) is 6.25. The van der Waals surface area contributed by atoms with Crippen molar-refractivity contribution in [1.82, 2.24) is 24.8 Å². The predicted molar refractivity (Wildman–Crippen MR) is 161 cm³/mol. The van der Waals surface area contributed by atoms with E-state index in [9.17, 15) is 10.1 Å². The van der Waals surface area contributed by atoms with Gasteiger partial charge in [-0.05, 0) is 52.2 Å². The van der Waals surface area contributed by atoms with E-state index in [1.807, 2.05) is 45.3 Å². The number of methoxy groups -OCH3 is 1. The normalized spacial score (nSPS) is 11.2. The maximum atomic E-state index is 11.9. The first kappa shape index (κ1) is 28.4. The standard InChI is InChI=1S/C29H32N8O5/c1-5-41-29-34-26(19-8-7-18-10-14-42-24(18)15-19)27(35-29)20-9-12-31-28(32-20)33-22-16-23(37(38)39)21(17-25(22)40-4)30-11-6-13-36(2)3/h7-10,12,14-17,30H,5-6,11,13H2,1-4H3,(H,34,35)(H,31,32,33). The molecule has 0 atom stereocenters. The summed E-state index contributed by atoms with van der Waals surface area (Å²) < 4.78 is 16.8. The van der Waals surface area contributed by atoms with Crippen molar-refractivity contribution in [2.45, 2.75) is 13.3 Å². The predicted octanol–water partition coefficient (Wildman–Crippen LogP) is 5.70. The molecule has 0 spiro atoms. The van der Waals surface area contributed by atoms with Crippen molar-refractivity contribution in [3.63, 3.8) is 0 Å². The molecule has 0 fully saturated rings. The topological polar surface area (TPSA) is 156 Å². The number of furan rings is 1. The van der Waals surface area contributed by atoms with Crippen molar-refractivity contribution < 1.29 is 18.8 Å². The summed E-state index contributed by atoms with van der Waals surface area (Å²) in [6.45, 7) is 3.73. The molecule has 0 aliphatic heterocycles. The number of benzene rings is 2. The Kier molecular flexibility index (Phi) is 8.48. The van der Waals surface area contributed by atoms with Crippen molar-refractivity contribution in [1.29, 1.82) is 0 Å². The molecule has 5 aromatic rings. The van der Waals surface area contributed by atoms with E-state index >= 15 is 0 Å². The number of aromatic amines is 1. The summed E-state index contributed by atoms with van der Waals surface area (Å²) in [6.07, 6.45) is 4.05. The molecule has 42 heavy (non-hydrogen) atoms. The number of ether oxygens (including phenoxy) is 2. The Hall–Kier alpha value is -5.17. The van der Waals surface area contributed by atoms with Crippen LogP contribution in [0.1, 0.15) is 13.3 Å². The van der Waals surface area contributed by atoms with Crippen molar-refractivity contribution in [3.05, 3.63) is 65.0 Å². The van der Waals surface area contributed by atoms with Gasteiger partial charge < -0.3 is 34.4 Å². The number of aromatic nitrogens is 4. The van der Waals surface area contributed by atoms with Crippen LogP contribution in [-0.4, -0.2) is 70.7 Å². The minimum Gasteiger partial charge on any atom is -0.494 e. The van der Waals surface area contributed by atoms with Gasteiger partial charge in [-0.2, -0.15) is 4.98 Å². The van der Waals surface area contributed by atoms with E-state index in [2.05, 4.69) is 35.5 Å². The maximum absolute atomic E-state index is 11.9. The number of anilines is 3. The van der Waals surface area contributed by atoms with Gasteiger partial charge in [0.1, 0.15) is 22.7 Å². The average molecular weight is 573 g/mol. The van der Waals surface area contributed by atoms with Crippen LogP contribution in [0.15, 0.2) is 59.3 Å². The van der Waals surface area contributed by atoms with Crippen molar-refractivity contribution in [3.8, 4) is 34.4 Å². The Morgan fingerprint density at radius 3 is 2.74 bits per heavy atom. The summed E-state index contributed by atoms with van der Waals surface area (Å²) in [5, 5.41) is 19.1. The lowest BCUT2D eigenvalue weighted by atomic mass is 10.1. The van der Waals surface area contributed by atoms with E-state index in [1.54, 1.807) is 24.6 Å². The second-order valence-corrected chi connectivity index (χ2v) is 9.67. The Bertz CT molecular complexity index is 1700. The fourth-order valence-corrected chi connectivity index (χ4v) is 4.48. The first-order chi connectivity index (χ1) is 20.4. The molecule has 2 aromatic carbocycles. The first-order valence-corrected chi connectivity index (χ1v) is 13.4. The summed E-state index contributed by atoms with van der Waals surface area (Å²) in [5.74, 6) is 0.615. The summed E-state index contributed by atoms with van der Waals surface area (Å²) in [6, 6.07) is 12.8. The van der Waals surface area contributed by atoms with E-state index in [1.165, 1.54) is 13.2 Å². The molecular formula is C29H32N8O5. The number of nitrogens with one attached hydrogen (secondary N) is 3. The largest absolute Gasteiger partial charge is 0.494 e. The Labute approximate surface area is 242 Å². The van der Waals surface area contributed by atoms with Crippen LogP contribution in [-0.2, 0) is 0 Å². The summed E-state index contributed by atoms with van der Waals surface area (Å²) >= 11 is 0. The zero-order valence-corrected chi connectivity index (χ0v) is 23.8. The second-order valence-electron chi connectivity index (χ2n) is 9.67. The van der Waals surface area contributed by atoms with Crippen molar-refractivity contribution >= 4 is 34.0 Å². The number of nitro groups is 1. The van der Waals surface area contributed by atoms with Gasteiger partial charge in [-0.3, -0.25) is 10.1 Å². The van der Waals surface area contributed by atoms with Gasteiger partial charge in [-0.25, -0.2) is 9.97 Å². The molecule has 3 heterocycles. The van der Waals surface area contributed by atoms with Crippen LogP contribution in [0.25, 0.3) is 33.6 Å². The van der Waals surface area contributed by atoms with Gasteiger partial charge in [0, 0.05) is 35.8 Å². The van der Waals surface area contributed by atoms with Gasteiger partial charge in [-0.15, -0.1) is 0 Å². The van der Waals surface area contributed by atoms with Gasteiger partial charge in [0.2, 0.25) is 5.95 Å². The highest BCUT2D eigenvalue weighted by Gasteiger charge is 2.21. The molecule has 0 amide bonds. The molecule has 3 aromatic heterocycles. The van der Waals surface area contributed by atoms with E-state index in [-0.39, 0.29) is 11.6 Å². The van der Waals surface area contributed by atoms with Crippen LogP contribution in [0, 0.1) is 10.1 Å². The molecule has 0 aliphatic rings. The molecule has 0 saturated heterocycles. The van der Waals surface area contributed by atoms with E-state index in [0.29, 0.717) is 53.4 Å². The van der Waals surface area contributed by atoms with Gasteiger partial charge in [0.15, 0.2) is 0 Å². The molecule has 0 saturated carbocycles. The highest BCUT2D eigenvalue weighted by atomic mass is 16.6. The summed E-state index contributed by atoms with van der Waals surface area (Å²) in [7, 11) is 5.46. The summed E-state index contributed by atoms with van der Waals surface area (Å²) in [5.41, 5.74) is 3.95. The number of nitrogens with zero attached hydrogens (tertiary/aromatic N) is 5. The van der Waals surface area contributed by atoms with Crippen LogP contribution in [0.2, 0.25) is 0 Å². The number of H-pyrrole nitrogens is 1. The second kappa shape index (κ2) is 12.6. The third-order valence-corrected chi connectivity index (χ3v) is 6.46. The van der Waals surface area contributed by atoms with Crippen LogP contribution < -0.4 is 20.1 Å². The van der Waals surface area contributed by atoms with Gasteiger partial charge in [0.25, 0.3) is 11.7 Å². The third-order valence-electron chi connectivity index (χ3n) is 6.46. The lowest BCUT2D eigenvalue weighted by Gasteiger charge is -2.15. The lowest BCUT2D eigenvalue weighted by molar-refractivity contribution is -0.383. The number of hydrogen-bond donors (Lipinski definition) is 3. The molecule has 0 radical (unpaired) electrons. The van der Waals surface area contributed by atoms with Crippen LogP contribution >= 0.6 is 0 Å². The monoisotopic (exact) mass is 572 g/mol. The minimum atomic E-state index is -0.432. The number of nitro benzene ring substituents is 1. The number of rotatable bonds is 13. The number of hydrogen-bond acceptors (Lipinski definition) is 11. The molecule has 0 aliphatic carbocycles. The van der Waals surface area contributed by atoms with Gasteiger partial charge in [-0.1, -0.05) is 12.1 Å². The van der Waals surface area contributed by atoms with Crippen LogP contribution in [0.5, 0.6) is 11.8 Å². The lowest BCUT2D eigenvalue weighted by Crippen LogP contribution is -2.16. The molecule has 0 unspecified atom stereocenters. The van der Waals surface area contributed by atoms with Crippen molar-refractivity contribution in [2.75, 3.05) is 51.5 Å². The zero-order valence-electron chi connectivity index (χ0n) is 23.8. The Morgan fingerprint density at radius 2 is 1.98 bits per heavy atom. The Morgan fingerprint density at radius 1 is 1.12 bits per heavy atom. The Balaban J connectivity index is 1.47. The smallest absolute Gasteiger partial charge is 0.294 e. The van der Waals surface area contributed by atoms with Gasteiger partial charge >= 0.3 is 0 Å². The highest BCUT2D eigenvalue weighted by molar-refractivity contribution is 5.86. The molecule has 5 rings (SSSR count). The van der Waals surface area contributed by atoms with E-state index in [4.69, 9.17) is 13.9 Å². The first-order valence-electron chi connectivity index (χ1n) is 13.4. The van der Waals surface area contributed by atoms with Crippen LogP contribution in [0.4, 0.5) is 23.0 Å². The minimum absolute atomic E-state index is 0.0927. The van der Waals surface area contributed by atoms with E-state index in [0.717, 1.165) is 29.5 Å². The molecular weight excluding hydrogens is 540 g/mol. The fraction of sp³-hybridized carbons (Fsp3) is 0.276. The highest BCUT2D eigenvalue weighted by Crippen LogP contribution is 2.38.